The highest BCUT2D eigenvalue weighted by Crippen LogP contribution is 2.28. The molecule has 0 aromatic carbocycles. The minimum Gasteiger partial charge on any atom is -0.381 e. The first kappa shape index (κ1) is 17.2. The van der Waals surface area contributed by atoms with Crippen LogP contribution in [0.3, 0.4) is 0 Å². The van der Waals surface area contributed by atoms with Gasteiger partial charge in [0.2, 0.25) is 5.91 Å². The molecule has 1 atom stereocenters. The average Bonchev–Trinajstić information content (AvgIpc) is 3.09. The summed E-state index contributed by atoms with van der Waals surface area (Å²) in [6, 6.07) is 2.08. The largest absolute Gasteiger partial charge is 0.381 e. The number of rotatable bonds is 5. The monoisotopic (exact) mass is 331 g/mol. The lowest BCUT2D eigenvalue weighted by Crippen LogP contribution is -2.42. The van der Waals surface area contributed by atoms with Gasteiger partial charge in [0.25, 0.3) is 0 Å². The molecule has 1 unspecified atom stereocenters. The summed E-state index contributed by atoms with van der Waals surface area (Å²) in [5.41, 5.74) is 2.47. The predicted octanol–water partition coefficient (Wildman–Crippen LogP) is 2.49. The average molecular weight is 331 g/mol. The Morgan fingerprint density at radius 1 is 1.29 bits per heavy atom. The Kier molecular flexibility index (Phi) is 5.72. The molecule has 0 N–H and O–H groups in total. The number of ether oxygens (including phenoxy) is 1. The Hall–Kier alpha value is -1.62. The molecule has 0 saturated carbocycles. The minimum absolute atomic E-state index is 0.189. The summed E-state index contributed by atoms with van der Waals surface area (Å²) in [5.74, 6) is 1.07. The molecule has 1 amide bonds. The standard InChI is InChI=1S/C19H29N3O2/c1-3-24-14-16-5-9-22(13-16)19(23)17-6-10-21(11-7-17)18-4-8-20-12-15(18)2/h4,8,12,16-17H,3,5-7,9-11,13-14H2,1-2H3. The Morgan fingerprint density at radius 3 is 2.79 bits per heavy atom. The Balaban J connectivity index is 1.50. The van der Waals surface area contributed by atoms with Crippen LogP contribution in [-0.2, 0) is 9.53 Å². The van der Waals surface area contributed by atoms with E-state index in [2.05, 4.69) is 27.8 Å². The number of piperidine rings is 1. The van der Waals surface area contributed by atoms with E-state index < -0.39 is 0 Å². The number of aromatic nitrogens is 1. The van der Waals surface area contributed by atoms with E-state index in [1.165, 1.54) is 11.3 Å². The molecule has 132 valence electrons. The van der Waals surface area contributed by atoms with Crippen molar-refractivity contribution < 1.29 is 9.53 Å². The third-order valence-electron chi connectivity index (χ3n) is 5.33. The van der Waals surface area contributed by atoms with Crippen molar-refractivity contribution in [2.24, 2.45) is 11.8 Å². The molecule has 24 heavy (non-hydrogen) atoms. The maximum absolute atomic E-state index is 12.8. The van der Waals surface area contributed by atoms with Crippen molar-refractivity contribution in [1.82, 2.24) is 9.88 Å². The molecule has 2 saturated heterocycles. The molecule has 2 aliphatic heterocycles. The van der Waals surface area contributed by atoms with E-state index in [0.29, 0.717) is 11.8 Å². The zero-order chi connectivity index (χ0) is 16.9. The molecule has 0 spiro atoms. The normalized spacial score (nSPS) is 22.2. The van der Waals surface area contributed by atoms with E-state index in [1.54, 1.807) is 0 Å². The van der Waals surface area contributed by atoms with E-state index in [9.17, 15) is 4.79 Å². The van der Waals surface area contributed by atoms with E-state index in [4.69, 9.17) is 4.74 Å². The smallest absolute Gasteiger partial charge is 0.225 e. The molecule has 1 aromatic rings. The zero-order valence-electron chi connectivity index (χ0n) is 14.9. The number of likely N-dealkylation sites (tertiary alicyclic amines) is 1. The topological polar surface area (TPSA) is 45.7 Å². The molecule has 5 nitrogen and oxygen atoms in total. The SMILES string of the molecule is CCOCC1CCN(C(=O)C2CCN(c3ccncc3C)CC2)C1. The van der Waals surface area contributed by atoms with Gasteiger partial charge in [0.05, 0.1) is 6.61 Å². The minimum atomic E-state index is 0.189. The van der Waals surface area contributed by atoms with Crippen molar-refractivity contribution in [2.45, 2.75) is 33.1 Å². The highest BCUT2D eigenvalue weighted by atomic mass is 16.5. The molecule has 3 rings (SSSR count). The fraction of sp³-hybridized carbons (Fsp3) is 0.684. The summed E-state index contributed by atoms with van der Waals surface area (Å²) >= 11 is 0. The Morgan fingerprint density at radius 2 is 2.08 bits per heavy atom. The molecular weight excluding hydrogens is 302 g/mol. The van der Waals surface area contributed by atoms with Crippen molar-refractivity contribution >= 4 is 11.6 Å². The number of hydrogen-bond donors (Lipinski definition) is 0. The highest BCUT2D eigenvalue weighted by molar-refractivity contribution is 5.79. The van der Waals surface area contributed by atoms with Gasteiger partial charge in [-0.3, -0.25) is 9.78 Å². The molecule has 2 aliphatic rings. The molecule has 1 aromatic heterocycles. The van der Waals surface area contributed by atoms with Crippen LogP contribution in [0.25, 0.3) is 0 Å². The number of amides is 1. The fourth-order valence-electron chi connectivity index (χ4n) is 3.90. The van der Waals surface area contributed by atoms with Crippen LogP contribution in [0.15, 0.2) is 18.5 Å². The lowest BCUT2D eigenvalue weighted by molar-refractivity contribution is -0.135. The number of aryl methyl sites for hydroxylation is 1. The number of anilines is 1. The number of nitrogens with zero attached hydrogens (tertiary/aromatic N) is 3. The summed E-state index contributed by atoms with van der Waals surface area (Å²) in [6.45, 7) is 9.37. The van der Waals surface area contributed by atoms with Gasteiger partial charge >= 0.3 is 0 Å². The summed E-state index contributed by atoms with van der Waals surface area (Å²) in [4.78, 5) is 21.4. The summed E-state index contributed by atoms with van der Waals surface area (Å²) in [6.07, 6.45) is 6.75. The Labute approximate surface area is 145 Å². The summed E-state index contributed by atoms with van der Waals surface area (Å²) < 4.78 is 5.52. The predicted molar refractivity (Wildman–Crippen MR) is 95.1 cm³/mol. The Bertz CT molecular complexity index is 555. The first-order chi connectivity index (χ1) is 11.7. The maximum Gasteiger partial charge on any atom is 0.225 e. The first-order valence-electron chi connectivity index (χ1n) is 9.21. The van der Waals surface area contributed by atoms with Gasteiger partial charge in [-0.25, -0.2) is 0 Å². The number of hydrogen-bond acceptors (Lipinski definition) is 4. The number of pyridine rings is 1. The van der Waals surface area contributed by atoms with Crippen molar-refractivity contribution in [3.05, 3.63) is 24.0 Å². The van der Waals surface area contributed by atoms with Crippen molar-refractivity contribution in [2.75, 3.05) is 44.3 Å². The van der Waals surface area contributed by atoms with Gasteiger partial charge in [0.1, 0.15) is 0 Å². The second-order valence-corrected chi connectivity index (χ2v) is 7.02. The van der Waals surface area contributed by atoms with E-state index >= 15 is 0 Å². The van der Waals surface area contributed by atoms with E-state index in [1.807, 2.05) is 19.3 Å². The third-order valence-corrected chi connectivity index (χ3v) is 5.33. The van der Waals surface area contributed by atoms with Gasteiger partial charge in [0.15, 0.2) is 0 Å². The quantitative estimate of drug-likeness (QED) is 0.832. The number of carbonyl (C=O) groups excluding carboxylic acids is 1. The van der Waals surface area contributed by atoms with Gasteiger partial charge < -0.3 is 14.5 Å². The van der Waals surface area contributed by atoms with Crippen LogP contribution in [0.2, 0.25) is 0 Å². The fourth-order valence-corrected chi connectivity index (χ4v) is 3.90. The summed E-state index contributed by atoms with van der Waals surface area (Å²) in [7, 11) is 0. The van der Waals surface area contributed by atoms with Crippen LogP contribution >= 0.6 is 0 Å². The van der Waals surface area contributed by atoms with Crippen LogP contribution in [0.5, 0.6) is 0 Å². The molecule has 0 aliphatic carbocycles. The van der Waals surface area contributed by atoms with Gasteiger partial charge in [-0.05, 0) is 44.7 Å². The van der Waals surface area contributed by atoms with E-state index in [-0.39, 0.29) is 5.92 Å². The van der Waals surface area contributed by atoms with Crippen molar-refractivity contribution in [3.8, 4) is 0 Å². The molecule has 5 heteroatoms. The van der Waals surface area contributed by atoms with Crippen LogP contribution in [0, 0.1) is 18.8 Å². The number of carbonyl (C=O) groups is 1. The van der Waals surface area contributed by atoms with Gasteiger partial charge in [-0.15, -0.1) is 0 Å². The zero-order valence-corrected chi connectivity index (χ0v) is 14.9. The second-order valence-electron chi connectivity index (χ2n) is 7.02. The highest BCUT2D eigenvalue weighted by Gasteiger charge is 2.33. The van der Waals surface area contributed by atoms with Crippen LogP contribution in [-0.4, -0.2) is 55.2 Å². The first-order valence-corrected chi connectivity index (χ1v) is 9.21. The summed E-state index contributed by atoms with van der Waals surface area (Å²) in [5, 5.41) is 0. The van der Waals surface area contributed by atoms with Crippen LogP contribution < -0.4 is 4.90 Å². The van der Waals surface area contributed by atoms with Crippen LogP contribution in [0.4, 0.5) is 5.69 Å². The molecule has 0 radical (unpaired) electrons. The lowest BCUT2D eigenvalue weighted by atomic mass is 9.94. The van der Waals surface area contributed by atoms with Crippen molar-refractivity contribution in [3.63, 3.8) is 0 Å². The lowest BCUT2D eigenvalue weighted by Gasteiger charge is -2.35. The second kappa shape index (κ2) is 7.97. The third kappa shape index (κ3) is 3.89. The molecule has 3 heterocycles. The van der Waals surface area contributed by atoms with E-state index in [0.717, 1.165) is 58.7 Å². The molecule has 2 fully saturated rings. The molecular formula is C19H29N3O2. The maximum atomic E-state index is 12.8. The van der Waals surface area contributed by atoms with Gasteiger partial charge in [0, 0.05) is 62.7 Å². The van der Waals surface area contributed by atoms with Gasteiger partial charge in [-0.1, -0.05) is 0 Å². The molecule has 0 bridgehead atoms. The van der Waals surface area contributed by atoms with Crippen molar-refractivity contribution in [1.29, 1.82) is 0 Å². The van der Waals surface area contributed by atoms with Crippen LogP contribution in [0.1, 0.15) is 31.7 Å². The van der Waals surface area contributed by atoms with Gasteiger partial charge in [-0.2, -0.15) is 0 Å².